The topological polar surface area (TPSA) is 88.2 Å². The maximum atomic E-state index is 12.0. The zero-order valence-corrected chi connectivity index (χ0v) is 16.1. The lowest BCUT2D eigenvalue weighted by atomic mass is 10.1. The normalized spacial score (nSPS) is 11.5. The predicted octanol–water partition coefficient (Wildman–Crippen LogP) is 2.08. The molecule has 0 radical (unpaired) electrons. The zero-order chi connectivity index (χ0) is 19.2. The Labute approximate surface area is 155 Å². The van der Waals surface area contributed by atoms with Crippen molar-refractivity contribution in [1.82, 2.24) is 15.0 Å². The van der Waals surface area contributed by atoms with Crippen molar-refractivity contribution in [3.8, 4) is 0 Å². The van der Waals surface area contributed by atoms with Gasteiger partial charge < -0.3 is 5.32 Å². The van der Waals surface area contributed by atoms with E-state index in [1.54, 1.807) is 32.2 Å². The summed E-state index contributed by atoms with van der Waals surface area (Å²) in [6.07, 6.45) is 1.99. The van der Waals surface area contributed by atoms with Gasteiger partial charge in [-0.3, -0.25) is 9.78 Å². The first-order chi connectivity index (χ1) is 12.2. The van der Waals surface area contributed by atoms with Crippen LogP contribution < -0.4 is 10.0 Å². The molecule has 26 heavy (non-hydrogen) atoms. The van der Waals surface area contributed by atoms with Crippen LogP contribution in [0.1, 0.15) is 36.2 Å². The largest absolute Gasteiger partial charge is 0.352 e. The third-order valence-corrected chi connectivity index (χ3v) is 5.17. The molecule has 7 heteroatoms. The highest BCUT2D eigenvalue weighted by Crippen LogP contribution is 2.09. The van der Waals surface area contributed by atoms with Gasteiger partial charge in [0.25, 0.3) is 0 Å². The van der Waals surface area contributed by atoms with Gasteiger partial charge in [-0.05, 0) is 43.5 Å². The summed E-state index contributed by atoms with van der Waals surface area (Å²) >= 11 is 0. The molecular weight excluding hydrogens is 350 g/mol. The Morgan fingerprint density at radius 1 is 1.04 bits per heavy atom. The van der Waals surface area contributed by atoms with E-state index in [9.17, 15) is 13.2 Å². The van der Waals surface area contributed by atoms with Crippen molar-refractivity contribution in [2.24, 2.45) is 0 Å². The molecule has 0 aliphatic heterocycles. The Balaban J connectivity index is 1.85. The second kappa shape index (κ2) is 8.91. The highest BCUT2D eigenvalue weighted by Gasteiger charge is 2.12. The van der Waals surface area contributed by atoms with Gasteiger partial charge in [0, 0.05) is 24.5 Å². The van der Waals surface area contributed by atoms with Gasteiger partial charge in [-0.1, -0.05) is 30.3 Å². The molecule has 0 aliphatic carbocycles. The average molecular weight is 375 g/mol. The van der Waals surface area contributed by atoms with Gasteiger partial charge in [-0.15, -0.1) is 0 Å². The van der Waals surface area contributed by atoms with Crippen LogP contribution in [0.2, 0.25) is 0 Å². The van der Waals surface area contributed by atoms with Crippen molar-refractivity contribution in [3.63, 3.8) is 0 Å². The van der Waals surface area contributed by atoms with Crippen LogP contribution >= 0.6 is 0 Å². The minimum atomic E-state index is -3.34. The number of hydrogen-bond donors (Lipinski definition) is 2. The summed E-state index contributed by atoms with van der Waals surface area (Å²) in [5.74, 6) is -0.137. The molecule has 0 saturated heterocycles. The number of hydrogen-bond acceptors (Lipinski definition) is 4. The molecule has 0 fully saturated rings. The van der Waals surface area contributed by atoms with Gasteiger partial charge in [-0.2, -0.15) is 0 Å². The van der Waals surface area contributed by atoms with Gasteiger partial charge in [0.15, 0.2) is 0 Å². The molecular formula is C19H25N3O3S. The summed E-state index contributed by atoms with van der Waals surface area (Å²) in [4.78, 5) is 16.2. The number of amides is 1. The summed E-state index contributed by atoms with van der Waals surface area (Å²) in [6, 6.07) is 10.8. The van der Waals surface area contributed by atoms with E-state index in [1.165, 1.54) is 0 Å². The van der Waals surface area contributed by atoms with E-state index in [1.807, 2.05) is 31.2 Å². The number of rotatable bonds is 8. The van der Waals surface area contributed by atoms with E-state index in [-0.39, 0.29) is 24.1 Å². The van der Waals surface area contributed by atoms with E-state index in [4.69, 9.17) is 0 Å². The maximum absolute atomic E-state index is 12.0. The molecule has 1 heterocycles. The lowest BCUT2D eigenvalue weighted by molar-refractivity contribution is -0.120. The van der Waals surface area contributed by atoms with E-state index in [2.05, 4.69) is 15.0 Å². The molecule has 2 rings (SSSR count). The van der Waals surface area contributed by atoms with Crippen LogP contribution in [-0.2, 0) is 33.5 Å². The SMILES string of the molecule is Cc1ccc(CC(=O)NCc2ccc(CS(=O)(=O)NC(C)C)cc2)cn1. The van der Waals surface area contributed by atoms with E-state index in [0.29, 0.717) is 12.1 Å². The fourth-order valence-corrected chi connectivity index (χ4v) is 3.86. The molecule has 0 unspecified atom stereocenters. The van der Waals surface area contributed by atoms with Crippen molar-refractivity contribution in [1.29, 1.82) is 0 Å². The number of nitrogens with zero attached hydrogens (tertiary/aromatic N) is 1. The zero-order valence-electron chi connectivity index (χ0n) is 15.3. The Bertz CT molecular complexity index is 829. The molecule has 6 nitrogen and oxygen atoms in total. The van der Waals surface area contributed by atoms with E-state index < -0.39 is 10.0 Å². The number of carbonyl (C=O) groups is 1. The summed E-state index contributed by atoms with van der Waals surface area (Å²) in [6.45, 7) is 5.87. The first-order valence-corrected chi connectivity index (χ1v) is 10.1. The van der Waals surface area contributed by atoms with E-state index in [0.717, 1.165) is 16.8 Å². The van der Waals surface area contributed by atoms with Crippen LogP contribution in [0.4, 0.5) is 0 Å². The number of aryl methyl sites for hydroxylation is 1. The molecule has 2 N–H and O–H groups in total. The number of pyridine rings is 1. The highest BCUT2D eigenvalue weighted by molar-refractivity contribution is 7.88. The van der Waals surface area contributed by atoms with Crippen LogP contribution in [0.3, 0.4) is 0 Å². The fourth-order valence-electron chi connectivity index (χ4n) is 2.43. The van der Waals surface area contributed by atoms with Crippen LogP contribution in [0.25, 0.3) is 0 Å². The Hall–Kier alpha value is -2.25. The highest BCUT2D eigenvalue weighted by atomic mass is 32.2. The van der Waals surface area contributed by atoms with Gasteiger partial charge in [0.05, 0.1) is 12.2 Å². The number of sulfonamides is 1. The minimum absolute atomic E-state index is 0.0573. The summed E-state index contributed by atoms with van der Waals surface area (Å²) in [5, 5.41) is 2.86. The minimum Gasteiger partial charge on any atom is -0.352 e. The monoisotopic (exact) mass is 375 g/mol. The molecule has 0 spiro atoms. The van der Waals surface area contributed by atoms with Crippen molar-refractivity contribution in [3.05, 3.63) is 65.0 Å². The molecule has 0 atom stereocenters. The lowest BCUT2D eigenvalue weighted by Gasteiger charge is -2.10. The molecule has 0 bridgehead atoms. The van der Waals surface area contributed by atoms with Gasteiger partial charge in [-0.25, -0.2) is 13.1 Å². The van der Waals surface area contributed by atoms with E-state index >= 15 is 0 Å². The van der Waals surface area contributed by atoms with Crippen LogP contribution in [0.15, 0.2) is 42.6 Å². The third-order valence-electron chi connectivity index (χ3n) is 3.62. The average Bonchev–Trinajstić information content (AvgIpc) is 2.55. The predicted molar refractivity (Wildman–Crippen MR) is 102 cm³/mol. The summed E-state index contributed by atoms with van der Waals surface area (Å²) in [7, 11) is -3.34. The maximum Gasteiger partial charge on any atom is 0.224 e. The standard InChI is InChI=1S/C19H25N3O3S/c1-14(2)22-26(24,25)13-17-8-6-16(7-9-17)11-21-19(23)10-18-5-4-15(3)20-12-18/h4-9,12,14,22H,10-11,13H2,1-3H3,(H,21,23). The Kier molecular flexibility index (Phi) is 6.88. The van der Waals surface area contributed by atoms with Crippen molar-refractivity contribution >= 4 is 15.9 Å². The lowest BCUT2D eigenvalue weighted by Crippen LogP contribution is -2.31. The van der Waals surface area contributed by atoms with Crippen molar-refractivity contribution < 1.29 is 13.2 Å². The Morgan fingerprint density at radius 2 is 1.65 bits per heavy atom. The van der Waals surface area contributed by atoms with Gasteiger partial charge in [0.2, 0.25) is 15.9 Å². The van der Waals surface area contributed by atoms with Crippen molar-refractivity contribution in [2.75, 3.05) is 0 Å². The molecule has 1 aromatic heterocycles. The number of aromatic nitrogens is 1. The molecule has 0 aliphatic rings. The fraction of sp³-hybridized carbons (Fsp3) is 0.368. The quantitative estimate of drug-likeness (QED) is 0.739. The van der Waals surface area contributed by atoms with Gasteiger partial charge >= 0.3 is 0 Å². The second-order valence-electron chi connectivity index (χ2n) is 6.61. The number of benzene rings is 1. The second-order valence-corrected chi connectivity index (χ2v) is 8.36. The molecule has 0 saturated carbocycles. The van der Waals surface area contributed by atoms with Crippen LogP contribution in [0.5, 0.6) is 0 Å². The third kappa shape index (κ3) is 6.93. The molecule has 2 aromatic rings. The smallest absolute Gasteiger partial charge is 0.224 e. The van der Waals surface area contributed by atoms with Crippen LogP contribution in [-0.4, -0.2) is 25.4 Å². The summed E-state index contributed by atoms with van der Waals surface area (Å²) < 4.78 is 26.4. The number of nitrogens with one attached hydrogen (secondary N) is 2. The first kappa shape index (κ1) is 20.1. The number of carbonyl (C=O) groups excluding carboxylic acids is 1. The molecule has 140 valence electrons. The van der Waals surface area contributed by atoms with Gasteiger partial charge in [0.1, 0.15) is 0 Å². The molecule has 1 aromatic carbocycles. The van der Waals surface area contributed by atoms with Crippen molar-refractivity contribution in [2.45, 2.75) is 45.5 Å². The van der Waals surface area contributed by atoms with Crippen LogP contribution in [0, 0.1) is 6.92 Å². The Morgan fingerprint density at radius 3 is 2.23 bits per heavy atom. The first-order valence-electron chi connectivity index (χ1n) is 8.49. The summed E-state index contributed by atoms with van der Waals surface area (Å²) in [5.41, 5.74) is 3.41. The molecule has 1 amide bonds.